The zero-order valence-electron chi connectivity index (χ0n) is 14.4. The number of hydrogen-bond acceptors (Lipinski definition) is 3. The Hall–Kier alpha value is -1.51. The van der Waals surface area contributed by atoms with E-state index in [1.165, 1.54) is 19.3 Å². The van der Waals surface area contributed by atoms with Crippen LogP contribution < -0.4 is 5.32 Å². The van der Waals surface area contributed by atoms with Gasteiger partial charge in [-0.2, -0.15) is 0 Å². The fraction of sp³-hybridized carbons (Fsp3) is 0.650. The van der Waals surface area contributed by atoms with Crippen molar-refractivity contribution >= 4 is 5.78 Å². The molecule has 0 aliphatic heterocycles. The maximum Gasteiger partial charge on any atom is 0.161 e. The Balaban J connectivity index is 1.48. The van der Waals surface area contributed by atoms with Crippen LogP contribution in [0.5, 0.6) is 0 Å². The van der Waals surface area contributed by atoms with E-state index in [2.05, 4.69) is 32.2 Å². The van der Waals surface area contributed by atoms with Crippen molar-refractivity contribution in [3.05, 3.63) is 35.4 Å². The molecule has 2 unspecified atom stereocenters. The first kappa shape index (κ1) is 15.0. The molecular formula is C20H27NO2. The molecule has 3 aliphatic carbocycles. The number of fused-ring (bicyclic) bond motifs is 1. The second-order valence-electron chi connectivity index (χ2n) is 8.30. The summed E-state index contributed by atoms with van der Waals surface area (Å²) in [5.41, 5.74) is 2.57. The Labute approximate surface area is 138 Å². The molecule has 3 saturated carbocycles. The zero-order chi connectivity index (χ0) is 16.2. The predicted octanol–water partition coefficient (Wildman–Crippen LogP) is 4.10. The first-order chi connectivity index (χ1) is 11.0. The average molecular weight is 313 g/mol. The molecule has 124 valence electrons. The van der Waals surface area contributed by atoms with Gasteiger partial charge in [0.1, 0.15) is 5.76 Å². The number of nitrogens with one attached hydrogen (secondary N) is 1. The number of rotatable bonds is 4. The molecule has 4 rings (SSSR count). The molecule has 1 aromatic rings. The molecule has 0 aromatic carbocycles. The Morgan fingerprint density at radius 1 is 1.39 bits per heavy atom. The minimum absolute atomic E-state index is 0.329. The van der Waals surface area contributed by atoms with E-state index in [1.807, 2.05) is 6.07 Å². The predicted molar refractivity (Wildman–Crippen MR) is 89.8 cm³/mol. The molecule has 1 heterocycles. The van der Waals surface area contributed by atoms with Crippen molar-refractivity contribution in [1.82, 2.24) is 5.32 Å². The van der Waals surface area contributed by atoms with E-state index in [9.17, 15) is 4.79 Å². The molecule has 4 atom stereocenters. The third-order valence-electron chi connectivity index (χ3n) is 6.58. The van der Waals surface area contributed by atoms with Gasteiger partial charge in [0.15, 0.2) is 5.78 Å². The van der Waals surface area contributed by atoms with Gasteiger partial charge in [0.2, 0.25) is 0 Å². The van der Waals surface area contributed by atoms with Crippen LogP contribution >= 0.6 is 0 Å². The molecule has 0 radical (unpaired) electrons. The van der Waals surface area contributed by atoms with Crippen molar-refractivity contribution in [1.29, 1.82) is 0 Å². The third-order valence-corrected chi connectivity index (χ3v) is 6.58. The van der Waals surface area contributed by atoms with E-state index in [0.29, 0.717) is 35.0 Å². The van der Waals surface area contributed by atoms with Gasteiger partial charge >= 0.3 is 0 Å². The maximum absolute atomic E-state index is 12.3. The molecule has 0 spiro atoms. The fourth-order valence-electron chi connectivity index (χ4n) is 5.14. The zero-order valence-corrected chi connectivity index (χ0v) is 14.4. The summed E-state index contributed by atoms with van der Waals surface area (Å²) in [6, 6.07) is 4.51. The van der Waals surface area contributed by atoms with Crippen LogP contribution in [0.3, 0.4) is 0 Å². The number of hydrogen-bond donors (Lipinski definition) is 1. The van der Waals surface area contributed by atoms with Gasteiger partial charge in [0.05, 0.1) is 6.26 Å². The summed E-state index contributed by atoms with van der Waals surface area (Å²) in [5.74, 6) is 3.15. The van der Waals surface area contributed by atoms with Gasteiger partial charge < -0.3 is 9.73 Å². The van der Waals surface area contributed by atoms with Gasteiger partial charge in [-0.25, -0.2) is 0 Å². The summed E-state index contributed by atoms with van der Waals surface area (Å²) in [5, 5.41) is 3.73. The second kappa shape index (κ2) is 5.25. The van der Waals surface area contributed by atoms with Crippen molar-refractivity contribution in [3.8, 4) is 0 Å². The average Bonchev–Trinajstić information content (AvgIpc) is 3.04. The van der Waals surface area contributed by atoms with Gasteiger partial charge in [0, 0.05) is 30.2 Å². The molecule has 3 fully saturated rings. The van der Waals surface area contributed by atoms with E-state index >= 15 is 0 Å². The monoisotopic (exact) mass is 313 g/mol. The second-order valence-corrected chi connectivity index (χ2v) is 8.30. The maximum atomic E-state index is 12.3. The molecule has 1 aromatic heterocycles. The highest BCUT2D eigenvalue weighted by atomic mass is 16.3. The van der Waals surface area contributed by atoms with Gasteiger partial charge in [-0.1, -0.05) is 20.3 Å². The van der Waals surface area contributed by atoms with E-state index in [0.717, 1.165) is 29.9 Å². The van der Waals surface area contributed by atoms with Gasteiger partial charge in [-0.15, -0.1) is 0 Å². The Morgan fingerprint density at radius 3 is 2.91 bits per heavy atom. The Morgan fingerprint density at radius 2 is 2.22 bits per heavy atom. The number of allylic oxidation sites excluding steroid dienone is 2. The summed E-state index contributed by atoms with van der Waals surface area (Å²) in [4.78, 5) is 12.3. The van der Waals surface area contributed by atoms with Gasteiger partial charge in [-0.3, -0.25) is 4.79 Å². The number of Topliss-reactive ketones (excluding diaryl/α,β-unsaturated/α-hetero) is 1. The van der Waals surface area contributed by atoms with Crippen LogP contribution in [0.1, 0.15) is 52.2 Å². The molecule has 0 bridgehead atoms. The normalized spacial score (nSPS) is 36.9. The largest absolute Gasteiger partial charge is 0.469 e. The van der Waals surface area contributed by atoms with Crippen LogP contribution in [0.15, 0.2) is 34.1 Å². The topological polar surface area (TPSA) is 42.2 Å². The first-order valence-corrected chi connectivity index (χ1v) is 9.01. The van der Waals surface area contributed by atoms with Crippen LogP contribution in [0.2, 0.25) is 0 Å². The van der Waals surface area contributed by atoms with Crippen molar-refractivity contribution in [3.63, 3.8) is 0 Å². The highest BCUT2D eigenvalue weighted by molar-refractivity contribution is 6.01. The lowest BCUT2D eigenvalue weighted by Gasteiger charge is -2.23. The highest BCUT2D eigenvalue weighted by Gasteiger charge is 2.65. The fourth-order valence-corrected chi connectivity index (χ4v) is 5.14. The number of carbonyl (C=O) groups is 1. The summed E-state index contributed by atoms with van der Waals surface area (Å²) in [6.07, 6.45) is 7.21. The summed E-state index contributed by atoms with van der Waals surface area (Å²) in [7, 11) is 0. The van der Waals surface area contributed by atoms with Crippen LogP contribution in [0.4, 0.5) is 0 Å². The smallest absolute Gasteiger partial charge is 0.161 e. The number of ketones is 1. The van der Waals surface area contributed by atoms with Crippen molar-refractivity contribution < 1.29 is 9.21 Å². The minimum atomic E-state index is 0.329. The molecule has 3 heteroatoms. The lowest BCUT2D eigenvalue weighted by atomic mass is 9.94. The lowest BCUT2D eigenvalue weighted by Crippen LogP contribution is -2.33. The Kier molecular flexibility index (Phi) is 3.44. The minimum Gasteiger partial charge on any atom is -0.469 e. The van der Waals surface area contributed by atoms with Gasteiger partial charge in [0.25, 0.3) is 0 Å². The summed E-state index contributed by atoms with van der Waals surface area (Å²) < 4.78 is 5.52. The lowest BCUT2D eigenvalue weighted by molar-refractivity contribution is -0.115. The molecule has 3 aliphatic rings. The van der Waals surface area contributed by atoms with E-state index < -0.39 is 0 Å². The van der Waals surface area contributed by atoms with E-state index in [1.54, 1.807) is 6.26 Å². The van der Waals surface area contributed by atoms with E-state index in [-0.39, 0.29) is 0 Å². The van der Waals surface area contributed by atoms with Crippen LogP contribution in [0.25, 0.3) is 0 Å². The van der Waals surface area contributed by atoms with Crippen LogP contribution in [0, 0.1) is 23.2 Å². The van der Waals surface area contributed by atoms with Crippen molar-refractivity contribution in [2.75, 3.05) is 0 Å². The quantitative estimate of drug-likeness (QED) is 0.851. The highest BCUT2D eigenvalue weighted by Crippen LogP contribution is 2.68. The molecule has 23 heavy (non-hydrogen) atoms. The number of carbonyl (C=O) groups excluding carboxylic acids is 1. The molecule has 0 amide bonds. The standard InChI is InChI=1S/C20H27NO2/c1-12(18-17(22)11-15-19(18)20(15,2)3)21-16-8-4-6-13(16)10-14-7-5-9-23-14/h5,7,9,13,15-16,19,21H,4,6,8,10-11H2,1-3H3/b18-12+/t13?,15-,16?,19-/m1/s1. The molecule has 1 N–H and O–H groups in total. The molecule has 3 nitrogen and oxygen atoms in total. The van der Waals surface area contributed by atoms with E-state index in [4.69, 9.17) is 4.42 Å². The summed E-state index contributed by atoms with van der Waals surface area (Å²) in [6.45, 7) is 6.72. The number of furan rings is 1. The third kappa shape index (κ3) is 2.45. The summed E-state index contributed by atoms with van der Waals surface area (Å²) >= 11 is 0. The SMILES string of the molecule is C/C(NC1CCCC1Cc1ccco1)=C1/C(=O)C[C@@H]2[C@H]1C2(C)C. The van der Waals surface area contributed by atoms with Crippen LogP contribution in [-0.2, 0) is 11.2 Å². The molecular weight excluding hydrogens is 286 g/mol. The van der Waals surface area contributed by atoms with Crippen molar-refractivity contribution in [2.24, 2.45) is 23.2 Å². The molecule has 0 saturated heterocycles. The first-order valence-electron chi connectivity index (χ1n) is 9.01. The van der Waals surface area contributed by atoms with Crippen molar-refractivity contribution in [2.45, 2.75) is 58.9 Å². The van der Waals surface area contributed by atoms with Crippen LogP contribution in [-0.4, -0.2) is 11.8 Å². The van der Waals surface area contributed by atoms with Gasteiger partial charge in [-0.05, 0) is 55.1 Å². The Bertz CT molecular complexity index is 641.